The minimum atomic E-state index is -0.0559. The van der Waals surface area contributed by atoms with Gasteiger partial charge in [-0.15, -0.1) is 0 Å². The molecular weight excluding hydrogens is 194 g/mol. The molecule has 1 aliphatic rings. The van der Waals surface area contributed by atoms with Gasteiger partial charge in [-0.1, -0.05) is 0 Å². The van der Waals surface area contributed by atoms with Crippen molar-refractivity contribution in [3.05, 3.63) is 0 Å². The van der Waals surface area contributed by atoms with E-state index in [1.807, 2.05) is 0 Å². The lowest BCUT2D eigenvalue weighted by atomic mass is 10.2. The third-order valence-electron chi connectivity index (χ3n) is 2.46. The van der Waals surface area contributed by atoms with Gasteiger partial charge in [-0.25, -0.2) is 0 Å². The van der Waals surface area contributed by atoms with Gasteiger partial charge in [0.15, 0.2) is 0 Å². The molecule has 1 fully saturated rings. The Balaban J connectivity index is 2.33. The Morgan fingerprint density at radius 2 is 2.27 bits per heavy atom. The molecule has 86 valence electrons. The van der Waals surface area contributed by atoms with Crippen LogP contribution in [0.4, 0.5) is 0 Å². The molecule has 0 aromatic carbocycles. The first kappa shape index (κ1) is 12.0. The van der Waals surface area contributed by atoms with E-state index in [4.69, 9.17) is 5.73 Å². The molecule has 1 saturated heterocycles. The van der Waals surface area contributed by atoms with Gasteiger partial charge in [-0.05, 0) is 25.8 Å². The molecule has 5 heteroatoms. The van der Waals surface area contributed by atoms with Gasteiger partial charge < -0.3 is 16.0 Å². The zero-order chi connectivity index (χ0) is 11.1. The van der Waals surface area contributed by atoms with E-state index in [0.29, 0.717) is 26.1 Å². The van der Waals surface area contributed by atoms with E-state index in [-0.39, 0.29) is 18.4 Å². The summed E-state index contributed by atoms with van der Waals surface area (Å²) in [5.41, 5.74) is 5.35. The number of hydrogen-bond acceptors (Lipinski definition) is 3. The lowest BCUT2D eigenvalue weighted by molar-refractivity contribution is -0.135. The van der Waals surface area contributed by atoms with E-state index in [9.17, 15) is 9.59 Å². The van der Waals surface area contributed by atoms with Crippen molar-refractivity contribution < 1.29 is 9.59 Å². The maximum Gasteiger partial charge on any atom is 0.239 e. The van der Waals surface area contributed by atoms with Gasteiger partial charge in [0.1, 0.15) is 0 Å². The number of nitrogens with two attached hydrogens (primary N) is 1. The van der Waals surface area contributed by atoms with E-state index in [1.54, 1.807) is 4.90 Å². The minimum absolute atomic E-state index is 0.0559. The van der Waals surface area contributed by atoms with E-state index in [2.05, 4.69) is 5.32 Å². The maximum atomic E-state index is 11.7. The van der Waals surface area contributed by atoms with E-state index in [0.717, 1.165) is 19.3 Å². The monoisotopic (exact) mass is 213 g/mol. The summed E-state index contributed by atoms with van der Waals surface area (Å²) in [4.78, 5) is 24.5. The highest BCUT2D eigenvalue weighted by atomic mass is 16.2. The van der Waals surface area contributed by atoms with Gasteiger partial charge >= 0.3 is 0 Å². The van der Waals surface area contributed by atoms with Crippen LogP contribution in [0.15, 0.2) is 0 Å². The molecule has 1 rings (SSSR count). The third kappa shape index (κ3) is 4.29. The van der Waals surface area contributed by atoms with Gasteiger partial charge in [0.25, 0.3) is 0 Å². The van der Waals surface area contributed by atoms with Crippen LogP contribution in [0.5, 0.6) is 0 Å². The van der Waals surface area contributed by atoms with Crippen molar-refractivity contribution in [1.82, 2.24) is 10.2 Å². The Bertz CT molecular complexity index is 231. The van der Waals surface area contributed by atoms with Gasteiger partial charge in [-0.3, -0.25) is 9.59 Å². The molecule has 5 nitrogen and oxygen atoms in total. The smallest absolute Gasteiger partial charge is 0.239 e. The SMILES string of the molecule is NCCCCC(=O)N1CCCNC(=O)C1. The average molecular weight is 213 g/mol. The molecule has 1 heterocycles. The van der Waals surface area contributed by atoms with Crippen molar-refractivity contribution in [2.24, 2.45) is 5.73 Å². The van der Waals surface area contributed by atoms with Crippen LogP contribution in [-0.4, -0.2) is 42.9 Å². The van der Waals surface area contributed by atoms with Crippen molar-refractivity contribution in [2.45, 2.75) is 25.7 Å². The third-order valence-corrected chi connectivity index (χ3v) is 2.46. The second kappa shape index (κ2) is 6.40. The number of carbonyl (C=O) groups is 2. The van der Waals surface area contributed by atoms with Gasteiger partial charge in [0.05, 0.1) is 6.54 Å². The Kier molecular flexibility index (Phi) is 5.10. The van der Waals surface area contributed by atoms with Crippen LogP contribution in [0.1, 0.15) is 25.7 Å². The molecule has 0 aromatic rings. The van der Waals surface area contributed by atoms with Gasteiger partial charge in [-0.2, -0.15) is 0 Å². The number of carbonyl (C=O) groups excluding carboxylic acids is 2. The van der Waals surface area contributed by atoms with E-state index < -0.39 is 0 Å². The molecule has 15 heavy (non-hydrogen) atoms. The average Bonchev–Trinajstić information content (AvgIpc) is 2.43. The predicted octanol–water partition coefficient (Wildman–Crippen LogP) is -0.536. The summed E-state index contributed by atoms with van der Waals surface area (Å²) < 4.78 is 0. The Morgan fingerprint density at radius 3 is 3.00 bits per heavy atom. The summed E-state index contributed by atoms with van der Waals surface area (Å²) in [6.07, 6.45) is 3.03. The highest BCUT2D eigenvalue weighted by molar-refractivity contribution is 5.85. The second-order valence-electron chi connectivity index (χ2n) is 3.76. The standard InChI is InChI=1S/C10H19N3O2/c11-5-2-1-4-10(15)13-7-3-6-12-9(14)8-13/h1-8,11H2,(H,12,14). The first-order valence-corrected chi connectivity index (χ1v) is 5.48. The summed E-state index contributed by atoms with van der Waals surface area (Å²) in [6, 6.07) is 0. The number of nitrogens with zero attached hydrogens (tertiary/aromatic N) is 1. The highest BCUT2D eigenvalue weighted by Gasteiger charge is 2.18. The van der Waals surface area contributed by atoms with Crippen molar-refractivity contribution in [1.29, 1.82) is 0 Å². The molecule has 0 spiro atoms. The summed E-state index contributed by atoms with van der Waals surface area (Å²) in [5, 5.41) is 2.74. The Morgan fingerprint density at radius 1 is 1.47 bits per heavy atom. The van der Waals surface area contributed by atoms with Crippen molar-refractivity contribution >= 4 is 11.8 Å². The zero-order valence-corrected chi connectivity index (χ0v) is 9.00. The minimum Gasteiger partial charge on any atom is -0.354 e. The molecule has 0 atom stereocenters. The van der Waals surface area contributed by atoms with Crippen molar-refractivity contribution in [2.75, 3.05) is 26.2 Å². The number of rotatable bonds is 4. The molecule has 0 bridgehead atoms. The normalized spacial score (nSPS) is 17.1. The lowest BCUT2D eigenvalue weighted by Gasteiger charge is -2.18. The fourth-order valence-electron chi connectivity index (χ4n) is 1.60. The predicted molar refractivity (Wildman–Crippen MR) is 57.1 cm³/mol. The molecular formula is C10H19N3O2. The Labute approximate surface area is 90.0 Å². The second-order valence-corrected chi connectivity index (χ2v) is 3.76. The number of nitrogens with one attached hydrogen (secondary N) is 1. The van der Waals surface area contributed by atoms with Crippen LogP contribution in [0.25, 0.3) is 0 Å². The van der Waals surface area contributed by atoms with Gasteiger partial charge in [0, 0.05) is 19.5 Å². The zero-order valence-electron chi connectivity index (χ0n) is 9.00. The summed E-state index contributed by atoms with van der Waals surface area (Å²) in [7, 11) is 0. The lowest BCUT2D eigenvalue weighted by Crippen LogP contribution is -2.37. The molecule has 0 radical (unpaired) electrons. The molecule has 2 amide bonds. The fourth-order valence-corrected chi connectivity index (χ4v) is 1.60. The number of amides is 2. The molecule has 0 unspecified atom stereocenters. The highest BCUT2D eigenvalue weighted by Crippen LogP contribution is 2.03. The molecule has 1 aliphatic heterocycles. The Hall–Kier alpha value is -1.10. The molecule has 0 aliphatic carbocycles. The molecule has 0 aromatic heterocycles. The summed E-state index contributed by atoms with van der Waals surface area (Å²) >= 11 is 0. The number of hydrogen-bond donors (Lipinski definition) is 2. The van der Waals surface area contributed by atoms with Crippen LogP contribution in [0.3, 0.4) is 0 Å². The summed E-state index contributed by atoms with van der Waals surface area (Å²) in [6.45, 7) is 2.18. The van der Waals surface area contributed by atoms with Crippen LogP contribution in [0, 0.1) is 0 Å². The van der Waals surface area contributed by atoms with Crippen LogP contribution >= 0.6 is 0 Å². The number of unbranched alkanes of at least 4 members (excludes halogenated alkanes) is 1. The first-order chi connectivity index (χ1) is 7.24. The quantitative estimate of drug-likeness (QED) is 0.616. The van der Waals surface area contributed by atoms with Crippen LogP contribution in [-0.2, 0) is 9.59 Å². The summed E-state index contributed by atoms with van der Waals surface area (Å²) in [5.74, 6) is 0.0141. The van der Waals surface area contributed by atoms with E-state index in [1.165, 1.54) is 0 Å². The molecule has 3 N–H and O–H groups in total. The van der Waals surface area contributed by atoms with E-state index >= 15 is 0 Å². The maximum absolute atomic E-state index is 11.7. The molecule has 0 saturated carbocycles. The van der Waals surface area contributed by atoms with Crippen molar-refractivity contribution in [3.63, 3.8) is 0 Å². The fraction of sp³-hybridized carbons (Fsp3) is 0.800. The topological polar surface area (TPSA) is 75.4 Å². The van der Waals surface area contributed by atoms with Crippen LogP contribution in [0.2, 0.25) is 0 Å². The van der Waals surface area contributed by atoms with Crippen molar-refractivity contribution in [3.8, 4) is 0 Å². The van der Waals surface area contributed by atoms with Crippen LogP contribution < -0.4 is 11.1 Å². The largest absolute Gasteiger partial charge is 0.354 e. The van der Waals surface area contributed by atoms with Gasteiger partial charge in [0.2, 0.25) is 11.8 Å². The first-order valence-electron chi connectivity index (χ1n) is 5.48.